The number of fused-ring (bicyclic) bond motifs is 1. The Morgan fingerprint density at radius 3 is 2.32 bits per heavy atom. The van der Waals surface area contributed by atoms with Gasteiger partial charge < -0.3 is 19.5 Å². The Kier molecular flexibility index (Phi) is 6.91. The number of rotatable bonds is 6. The summed E-state index contributed by atoms with van der Waals surface area (Å²) in [6.07, 6.45) is 5.67. The van der Waals surface area contributed by atoms with Crippen LogP contribution in [0.4, 0.5) is 11.4 Å². The third kappa shape index (κ3) is 4.98. The number of carbonyl (C=O) groups is 1. The van der Waals surface area contributed by atoms with E-state index in [4.69, 9.17) is 9.72 Å². The zero-order valence-electron chi connectivity index (χ0n) is 21.2. The van der Waals surface area contributed by atoms with Gasteiger partial charge in [-0.15, -0.1) is 0 Å². The average molecular weight is 495 g/mol. The zero-order valence-corrected chi connectivity index (χ0v) is 21.2. The molecule has 37 heavy (non-hydrogen) atoms. The van der Waals surface area contributed by atoms with Gasteiger partial charge >= 0.3 is 0 Å². The number of carbonyl (C=O) groups excluding carboxylic acids is 1. The van der Waals surface area contributed by atoms with Crippen molar-refractivity contribution in [2.45, 2.75) is 38.1 Å². The highest BCUT2D eigenvalue weighted by Gasteiger charge is 2.34. The molecule has 190 valence electrons. The number of amides is 1. The topological polar surface area (TPSA) is 59.4 Å². The van der Waals surface area contributed by atoms with Crippen molar-refractivity contribution in [2.75, 3.05) is 36.5 Å². The highest BCUT2D eigenvalue weighted by atomic mass is 16.5. The van der Waals surface area contributed by atoms with Crippen LogP contribution in [-0.2, 0) is 9.53 Å². The van der Waals surface area contributed by atoms with E-state index in [-0.39, 0.29) is 17.9 Å². The molecule has 1 atom stereocenters. The Bertz CT molecular complexity index is 1340. The van der Waals surface area contributed by atoms with Crippen molar-refractivity contribution in [3.63, 3.8) is 0 Å². The molecule has 1 aliphatic heterocycles. The molecule has 1 saturated carbocycles. The Morgan fingerprint density at radius 2 is 1.57 bits per heavy atom. The molecule has 2 heterocycles. The van der Waals surface area contributed by atoms with Crippen molar-refractivity contribution >= 4 is 28.3 Å². The van der Waals surface area contributed by atoms with Crippen LogP contribution in [0.2, 0.25) is 0 Å². The summed E-state index contributed by atoms with van der Waals surface area (Å²) in [6, 6.07) is 26.3. The van der Waals surface area contributed by atoms with Gasteiger partial charge in [-0.25, -0.2) is 4.98 Å². The Hall–Kier alpha value is -3.64. The summed E-state index contributed by atoms with van der Waals surface area (Å²) in [6.45, 7) is 3.30. The molecule has 6 rings (SSSR count). The van der Waals surface area contributed by atoms with Crippen LogP contribution in [0.5, 0.6) is 0 Å². The van der Waals surface area contributed by atoms with Gasteiger partial charge in [-0.1, -0.05) is 61.7 Å². The summed E-state index contributed by atoms with van der Waals surface area (Å²) in [5.74, 6) is 1.16. The molecule has 1 aliphatic carbocycles. The smallest absolute Gasteiger partial charge is 0.247 e. The van der Waals surface area contributed by atoms with E-state index >= 15 is 0 Å². The fourth-order valence-electron chi connectivity index (χ4n) is 5.90. The first-order valence-electron chi connectivity index (χ1n) is 13.5. The molecule has 0 radical (unpaired) electrons. The predicted octanol–water partition coefficient (Wildman–Crippen LogP) is 6.30. The Morgan fingerprint density at radius 1 is 0.865 bits per heavy atom. The van der Waals surface area contributed by atoms with Crippen molar-refractivity contribution in [1.29, 1.82) is 0 Å². The first-order valence-corrected chi connectivity index (χ1v) is 13.5. The highest BCUT2D eigenvalue weighted by molar-refractivity contribution is 5.96. The minimum absolute atomic E-state index is 0.0337. The lowest BCUT2D eigenvalue weighted by molar-refractivity contribution is -0.121. The number of nitrogens with one attached hydrogen (secondary N) is 1. The second-order valence-corrected chi connectivity index (χ2v) is 10.1. The summed E-state index contributed by atoms with van der Waals surface area (Å²) in [5, 5.41) is 3.27. The van der Waals surface area contributed by atoms with Crippen molar-refractivity contribution in [2.24, 2.45) is 5.92 Å². The summed E-state index contributed by atoms with van der Waals surface area (Å²) in [5.41, 5.74) is 4.95. The van der Waals surface area contributed by atoms with Gasteiger partial charge in [0, 0.05) is 30.0 Å². The molecule has 3 aromatic carbocycles. The van der Waals surface area contributed by atoms with Gasteiger partial charge in [0.15, 0.2) is 0 Å². The molecule has 1 saturated heterocycles. The number of anilines is 2. The van der Waals surface area contributed by atoms with Crippen molar-refractivity contribution < 1.29 is 9.53 Å². The number of benzene rings is 3. The number of para-hydroxylation sites is 2. The number of hydrogen-bond acceptors (Lipinski definition) is 4. The molecule has 2 aliphatic rings. The minimum Gasteiger partial charge on any atom is -0.378 e. The normalized spacial score (nSPS) is 17.6. The number of ether oxygens (including phenoxy) is 1. The maximum atomic E-state index is 14.1. The fraction of sp³-hybridized carbons (Fsp3) is 0.355. The van der Waals surface area contributed by atoms with E-state index in [2.05, 4.69) is 45.1 Å². The summed E-state index contributed by atoms with van der Waals surface area (Å²) in [7, 11) is 0. The van der Waals surface area contributed by atoms with Gasteiger partial charge in [0.25, 0.3) is 0 Å². The molecule has 1 unspecified atom stereocenters. The van der Waals surface area contributed by atoms with Crippen LogP contribution in [0.15, 0.2) is 78.9 Å². The largest absolute Gasteiger partial charge is 0.378 e. The molecule has 0 spiro atoms. The van der Waals surface area contributed by atoms with Crippen LogP contribution in [0, 0.1) is 5.92 Å². The Labute approximate surface area is 218 Å². The van der Waals surface area contributed by atoms with E-state index in [0.29, 0.717) is 0 Å². The molecule has 6 heteroatoms. The maximum absolute atomic E-state index is 14.1. The quantitative estimate of drug-likeness (QED) is 0.342. The van der Waals surface area contributed by atoms with Crippen molar-refractivity contribution in [1.82, 2.24) is 9.55 Å². The molecule has 2 fully saturated rings. The lowest BCUT2D eigenvalue weighted by Crippen LogP contribution is -2.36. The van der Waals surface area contributed by atoms with Gasteiger partial charge in [-0.05, 0) is 55.2 Å². The standard InChI is InChI=1S/C31H34N4O2/c36-31(32-25-15-17-26(18-16-25)34-19-21-37-22-20-34)29(23-9-3-1-4-10-23)35-28-14-8-7-13-27(28)33-30(35)24-11-5-2-6-12-24/h2,5-8,11-18,23,29H,1,3-4,9-10,19-22H2,(H,32,36). The molecular weight excluding hydrogens is 460 g/mol. The number of aromatic nitrogens is 2. The van der Waals surface area contributed by atoms with Gasteiger partial charge in [0.1, 0.15) is 11.9 Å². The van der Waals surface area contributed by atoms with E-state index in [0.717, 1.165) is 85.8 Å². The summed E-state index contributed by atoms with van der Waals surface area (Å²) >= 11 is 0. The summed E-state index contributed by atoms with van der Waals surface area (Å²) in [4.78, 5) is 21.5. The number of morpholine rings is 1. The van der Waals surface area contributed by atoms with Gasteiger partial charge in [-0.2, -0.15) is 0 Å². The van der Waals surface area contributed by atoms with E-state index in [9.17, 15) is 4.79 Å². The first kappa shape index (κ1) is 23.7. The highest BCUT2D eigenvalue weighted by Crippen LogP contribution is 2.39. The van der Waals surface area contributed by atoms with E-state index in [1.54, 1.807) is 0 Å². The van der Waals surface area contributed by atoms with Crippen LogP contribution < -0.4 is 10.2 Å². The van der Waals surface area contributed by atoms with E-state index < -0.39 is 0 Å². The van der Waals surface area contributed by atoms with Crippen LogP contribution in [0.25, 0.3) is 22.4 Å². The van der Waals surface area contributed by atoms with E-state index in [1.165, 1.54) is 6.42 Å². The zero-order chi connectivity index (χ0) is 25.0. The van der Waals surface area contributed by atoms with Crippen molar-refractivity contribution in [3.8, 4) is 11.4 Å². The molecule has 4 aromatic rings. The number of nitrogens with zero attached hydrogens (tertiary/aromatic N) is 3. The molecule has 0 bridgehead atoms. The number of imidazole rings is 1. The van der Waals surface area contributed by atoms with Crippen molar-refractivity contribution in [3.05, 3.63) is 78.9 Å². The second kappa shape index (κ2) is 10.8. The fourth-order valence-corrected chi connectivity index (χ4v) is 5.90. The molecule has 1 aromatic heterocycles. The van der Waals surface area contributed by atoms with E-state index in [1.807, 2.05) is 48.5 Å². The van der Waals surface area contributed by atoms with Crippen LogP contribution >= 0.6 is 0 Å². The van der Waals surface area contributed by atoms with Gasteiger partial charge in [0.2, 0.25) is 5.91 Å². The SMILES string of the molecule is O=C(Nc1ccc(N2CCOCC2)cc1)C(C1CCCCC1)n1c(-c2ccccc2)nc2ccccc21. The van der Waals surface area contributed by atoms with Crippen LogP contribution in [-0.4, -0.2) is 41.8 Å². The molecule has 6 nitrogen and oxygen atoms in total. The average Bonchev–Trinajstić information content (AvgIpc) is 3.34. The number of hydrogen-bond donors (Lipinski definition) is 1. The molecule has 1 N–H and O–H groups in total. The predicted molar refractivity (Wildman–Crippen MR) is 149 cm³/mol. The monoisotopic (exact) mass is 494 g/mol. The second-order valence-electron chi connectivity index (χ2n) is 10.1. The lowest BCUT2D eigenvalue weighted by Gasteiger charge is -2.32. The van der Waals surface area contributed by atoms with Crippen LogP contribution in [0.3, 0.4) is 0 Å². The maximum Gasteiger partial charge on any atom is 0.247 e. The summed E-state index contributed by atoms with van der Waals surface area (Å²) < 4.78 is 7.69. The molecular formula is C31H34N4O2. The third-order valence-corrected chi connectivity index (χ3v) is 7.78. The minimum atomic E-state index is -0.332. The lowest BCUT2D eigenvalue weighted by atomic mass is 9.83. The first-order chi connectivity index (χ1) is 18.3. The molecule has 1 amide bonds. The van der Waals surface area contributed by atoms with Gasteiger partial charge in [-0.3, -0.25) is 4.79 Å². The van der Waals surface area contributed by atoms with Crippen LogP contribution in [0.1, 0.15) is 38.1 Å². The third-order valence-electron chi connectivity index (χ3n) is 7.78. The van der Waals surface area contributed by atoms with Gasteiger partial charge in [0.05, 0.1) is 24.2 Å². The Balaban J connectivity index is 1.36.